The van der Waals surface area contributed by atoms with Gasteiger partial charge < -0.3 is 14.4 Å². The third-order valence-electron chi connectivity index (χ3n) is 2.92. The van der Waals surface area contributed by atoms with Crippen LogP contribution >= 0.6 is 0 Å². The number of amides is 1. The molecule has 7 nitrogen and oxygen atoms in total. The molecule has 0 saturated carbocycles. The Kier molecular flexibility index (Phi) is 6.49. The van der Waals surface area contributed by atoms with Gasteiger partial charge in [0.05, 0.1) is 13.2 Å². The third kappa shape index (κ3) is 4.54. The van der Waals surface area contributed by atoms with Crippen LogP contribution < -0.4 is 0 Å². The van der Waals surface area contributed by atoms with Crippen LogP contribution in [0.5, 0.6) is 0 Å². The van der Waals surface area contributed by atoms with Crippen LogP contribution in [-0.2, 0) is 28.7 Å². The number of allylic oxidation sites excluding steroid dienone is 1. The fourth-order valence-corrected chi connectivity index (χ4v) is 1.95. The van der Waals surface area contributed by atoms with Crippen molar-refractivity contribution in [3.05, 3.63) is 23.9 Å². The molecule has 0 aromatic heterocycles. The number of esters is 2. The highest BCUT2D eigenvalue weighted by atomic mass is 16.5. The number of carbonyl (C=O) groups excluding carboxylic acids is 4. The van der Waals surface area contributed by atoms with Crippen molar-refractivity contribution in [3.8, 4) is 0 Å². The van der Waals surface area contributed by atoms with Crippen LogP contribution in [-0.4, -0.2) is 47.8 Å². The summed E-state index contributed by atoms with van der Waals surface area (Å²) in [6.07, 6.45) is 4.16. The van der Waals surface area contributed by atoms with Gasteiger partial charge in [-0.25, -0.2) is 9.59 Å². The molecule has 0 aliphatic carbocycles. The Morgan fingerprint density at radius 3 is 2.41 bits per heavy atom. The predicted molar refractivity (Wildman–Crippen MR) is 76.4 cm³/mol. The lowest BCUT2D eigenvalue weighted by molar-refractivity contribution is -0.151. The van der Waals surface area contributed by atoms with E-state index < -0.39 is 23.8 Å². The monoisotopic (exact) mass is 309 g/mol. The molecule has 0 spiro atoms. The van der Waals surface area contributed by atoms with Gasteiger partial charge in [-0.3, -0.25) is 9.59 Å². The Bertz CT molecular complexity index is 534. The van der Waals surface area contributed by atoms with Crippen LogP contribution in [0, 0.1) is 0 Å². The maximum atomic E-state index is 11.8. The fourth-order valence-electron chi connectivity index (χ4n) is 1.95. The van der Waals surface area contributed by atoms with Gasteiger partial charge in [0, 0.05) is 19.5 Å². The standard InChI is InChI=1S/C15H19NO6/c1-4-21-14(19)12-8-11(9-16(12)10(3)17)6-7-13(18)15(20)22-5-2/h6-7,9,12H,4-5,8H2,1-3H3/b7-6+/t12-/m1/s1. The number of hydrogen-bond donors (Lipinski definition) is 0. The molecule has 7 heteroatoms. The van der Waals surface area contributed by atoms with Gasteiger partial charge in [0.25, 0.3) is 5.78 Å². The quantitative estimate of drug-likeness (QED) is 0.408. The Morgan fingerprint density at radius 2 is 1.86 bits per heavy atom. The second kappa shape index (κ2) is 8.11. The van der Waals surface area contributed by atoms with E-state index in [2.05, 4.69) is 4.74 Å². The number of nitrogens with zero attached hydrogens (tertiary/aromatic N) is 1. The van der Waals surface area contributed by atoms with E-state index in [0.29, 0.717) is 5.57 Å². The van der Waals surface area contributed by atoms with Crippen LogP contribution in [0.3, 0.4) is 0 Å². The Hall–Kier alpha value is -2.44. The SMILES string of the molecule is CCOC(=O)C(=O)/C=C/C1=CN(C(C)=O)[C@@H](C(=O)OCC)C1. The highest BCUT2D eigenvalue weighted by Gasteiger charge is 2.33. The molecule has 120 valence electrons. The van der Waals surface area contributed by atoms with Crippen molar-refractivity contribution in [2.75, 3.05) is 13.2 Å². The van der Waals surface area contributed by atoms with Gasteiger partial charge in [0.2, 0.25) is 5.91 Å². The van der Waals surface area contributed by atoms with E-state index in [1.54, 1.807) is 13.8 Å². The minimum Gasteiger partial charge on any atom is -0.464 e. The molecular formula is C15H19NO6. The topological polar surface area (TPSA) is 90.0 Å². The minimum absolute atomic E-state index is 0.115. The fraction of sp³-hybridized carbons (Fsp3) is 0.467. The normalized spacial score (nSPS) is 17.3. The summed E-state index contributed by atoms with van der Waals surface area (Å²) >= 11 is 0. The summed E-state index contributed by atoms with van der Waals surface area (Å²) in [5.74, 6) is -2.55. The van der Waals surface area contributed by atoms with Gasteiger partial charge in [0.1, 0.15) is 6.04 Å². The first-order chi connectivity index (χ1) is 10.4. The molecular weight excluding hydrogens is 290 g/mol. The average Bonchev–Trinajstić information content (AvgIpc) is 2.89. The lowest BCUT2D eigenvalue weighted by atomic mass is 10.1. The van der Waals surface area contributed by atoms with Gasteiger partial charge >= 0.3 is 11.9 Å². The molecule has 0 saturated heterocycles. The highest BCUT2D eigenvalue weighted by molar-refractivity contribution is 6.38. The van der Waals surface area contributed by atoms with E-state index in [1.165, 1.54) is 24.1 Å². The maximum Gasteiger partial charge on any atom is 0.379 e. The molecule has 0 aromatic rings. The second-order valence-corrected chi connectivity index (χ2v) is 4.52. The first-order valence-electron chi connectivity index (χ1n) is 6.96. The molecule has 0 fully saturated rings. The van der Waals surface area contributed by atoms with Gasteiger partial charge in [0.15, 0.2) is 0 Å². The van der Waals surface area contributed by atoms with Crippen LogP contribution in [0.1, 0.15) is 27.2 Å². The zero-order chi connectivity index (χ0) is 16.7. The second-order valence-electron chi connectivity index (χ2n) is 4.52. The average molecular weight is 309 g/mol. The third-order valence-corrected chi connectivity index (χ3v) is 2.92. The van der Waals surface area contributed by atoms with E-state index in [9.17, 15) is 19.2 Å². The van der Waals surface area contributed by atoms with E-state index in [4.69, 9.17) is 4.74 Å². The predicted octanol–water partition coefficient (Wildman–Crippen LogP) is 0.743. The van der Waals surface area contributed by atoms with Crippen molar-refractivity contribution in [1.82, 2.24) is 4.90 Å². The molecule has 1 heterocycles. The molecule has 1 atom stereocenters. The summed E-state index contributed by atoms with van der Waals surface area (Å²) in [7, 11) is 0. The van der Waals surface area contributed by atoms with Gasteiger partial charge in [-0.05, 0) is 25.5 Å². The zero-order valence-corrected chi connectivity index (χ0v) is 12.8. The Balaban J connectivity index is 2.78. The van der Waals surface area contributed by atoms with Crippen LogP contribution in [0.4, 0.5) is 0 Å². The Labute approximate surface area is 128 Å². The maximum absolute atomic E-state index is 11.8. The van der Waals surface area contributed by atoms with Crippen molar-refractivity contribution in [2.24, 2.45) is 0 Å². The van der Waals surface area contributed by atoms with E-state index in [-0.39, 0.29) is 25.5 Å². The molecule has 1 rings (SSSR count). The first kappa shape index (κ1) is 17.6. The molecule has 1 amide bonds. The van der Waals surface area contributed by atoms with Crippen molar-refractivity contribution in [2.45, 2.75) is 33.2 Å². The summed E-state index contributed by atoms with van der Waals surface area (Å²) in [4.78, 5) is 47.3. The van der Waals surface area contributed by atoms with Crippen molar-refractivity contribution >= 4 is 23.6 Å². The summed E-state index contributed by atoms with van der Waals surface area (Å²) < 4.78 is 9.49. The van der Waals surface area contributed by atoms with Gasteiger partial charge in [-0.2, -0.15) is 0 Å². The molecule has 0 bridgehead atoms. The van der Waals surface area contributed by atoms with Gasteiger partial charge in [-0.15, -0.1) is 0 Å². The summed E-state index contributed by atoms with van der Waals surface area (Å²) in [5, 5.41) is 0. The number of ketones is 1. The molecule has 0 unspecified atom stereocenters. The van der Waals surface area contributed by atoms with Crippen LogP contribution in [0.15, 0.2) is 23.9 Å². The zero-order valence-electron chi connectivity index (χ0n) is 12.8. The lowest BCUT2D eigenvalue weighted by Crippen LogP contribution is -2.38. The van der Waals surface area contributed by atoms with Crippen molar-refractivity contribution < 1.29 is 28.7 Å². The molecule has 0 radical (unpaired) electrons. The van der Waals surface area contributed by atoms with Crippen molar-refractivity contribution in [3.63, 3.8) is 0 Å². The smallest absolute Gasteiger partial charge is 0.379 e. The summed E-state index contributed by atoms with van der Waals surface area (Å²) in [5.41, 5.74) is 0.575. The number of rotatable bonds is 6. The lowest BCUT2D eigenvalue weighted by Gasteiger charge is -2.20. The molecule has 1 aliphatic rings. The Morgan fingerprint density at radius 1 is 1.23 bits per heavy atom. The van der Waals surface area contributed by atoms with Crippen molar-refractivity contribution in [1.29, 1.82) is 0 Å². The summed E-state index contributed by atoms with van der Waals surface area (Å²) in [6, 6.07) is -0.741. The minimum atomic E-state index is -0.942. The number of hydrogen-bond acceptors (Lipinski definition) is 6. The van der Waals surface area contributed by atoms with Crippen LogP contribution in [0.2, 0.25) is 0 Å². The highest BCUT2D eigenvalue weighted by Crippen LogP contribution is 2.24. The van der Waals surface area contributed by atoms with Gasteiger partial charge in [-0.1, -0.05) is 6.08 Å². The van der Waals surface area contributed by atoms with Crippen LogP contribution in [0.25, 0.3) is 0 Å². The molecule has 1 aliphatic heterocycles. The molecule has 0 N–H and O–H groups in total. The number of carbonyl (C=O) groups is 4. The van der Waals surface area contributed by atoms with E-state index >= 15 is 0 Å². The van der Waals surface area contributed by atoms with E-state index in [0.717, 1.165) is 6.08 Å². The largest absolute Gasteiger partial charge is 0.464 e. The molecule has 0 aromatic carbocycles. The first-order valence-corrected chi connectivity index (χ1v) is 6.96. The van der Waals surface area contributed by atoms with E-state index in [1.807, 2.05) is 0 Å². The molecule has 22 heavy (non-hydrogen) atoms. The number of ether oxygens (including phenoxy) is 2. The summed E-state index contributed by atoms with van der Waals surface area (Å²) in [6.45, 7) is 4.94.